The monoisotopic (exact) mass is 344 g/mol. The van der Waals surface area contributed by atoms with Gasteiger partial charge in [0.05, 0.1) is 24.2 Å². The summed E-state index contributed by atoms with van der Waals surface area (Å²) in [5.41, 5.74) is 0.833. The van der Waals surface area contributed by atoms with Crippen LogP contribution in [0.25, 0.3) is 5.69 Å². The van der Waals surface area contributed by atoms with Crippen LogP contribution in [0.15, 0.2) is 59.5 Å². The first-order valence-corrected chi connectivity index (χ1v) is 7.57. The van der Waals surface area contributed by atoms with Crippen LogP contribution in [0, 0.1) is 5.82 Å². The number of nitrogens with zero attached hydrogens (tertiary/aromatic N) is 2. The zero-order valence-corrected chi connectivity index (χ0v) is 13.5. The highest BCUT2D eigenvalue weighted by atomic mass is 19.1. The van der Waals surface area contributed by atoms with Crippen molar-refractivity contribution in [3.05, 3.63) is 66.6 Å². The van der Waals surface area contributed by atoms with Crippen LogP contribution in [0.4, 0.5) is 14.9 Å². The fourth-order valence-electron chi connectivity index (χ4n) is 2.39. The number of rotatable bonds is 6. The van der Waals surface area contributed by atoms with E-state index in [0.29, 0.717) is 11.4 Å². The number of nitrogens with one attached hydrogen (secondary N) is 2. The largest absolute Gasteiger partial charge is 0.467 e. The van der Waals surface area contributed by atoms with Gasteiger partial charge in [0.25, 0.3) is 0 Å². The molecule has 0 radical (unpaired) electrons. The van der Waals surface area contributed by atoms with Crippen molar-refractivity contribution in [3.63, 3.8) is 0 Å². The normalized spacial score (nSPS) is 11.9. The summed E-state index contributed by atoms with van der Waals surface area (Å²) in [6.07, 6.45) is 4.81. The highest BCUT2D eigenvalue weighted by molar-refractivity contribution is 5.91. The number of furan rings is 1. The number of carbonyl (C=O) groups is 1. The molecule has 7 nitrogen and oxygen atoms in total. The van der Waals surface area contributed by atoms with Gasteiger partial charge in [-0.15, -0.1) is 0 Å². The summed E-state index contributed by atoms with van der Waals surface area (Å²) >= 11 is 0. The van der Waals surface area contributed by atoms with Gasteiger partial charge in [0.15, 0.2) is 0 Å². The van der Waals surface area contributed by atoms with Crippen LogP contribution < -0.4 is 10.6 Å². The predicted molar refractivity (Wildman–Crippen MR) is 89.0 cm³/mol. The molecule has 3 aromatic rings. The Labute approximate surface area is 143 Å². The average molecular weight is 344 g/mol. The Morgan fingerprint density at radius 2 is 2.28 bits per heavy atom. The van der Waals surface area contributed by atoms with E-state index in [4.69, 9.17) is 9.15 Å². The number of amides is 2. The van der Waals surface area contributed by atoms with Gasteiger partial charge in [0.2, 0.25) is 0 Å². The van der Waals surface area contributed by atoms with Crippen molar-refractivity contribution in [1.29, 1.82) is 0 Å². The maximum atomic E-state index is 13.6. The molecular formula is C17H17FN4O3. The van der Waals surface area contributed by atoms with Crippen LogP contribution in [-0.4, -0.2) is 29.5 Å². The van der Waals surface area contributed by atoms with Crippen molar-refractivity contribution in [1.82, 2.24) is 15.1 Å². The molecule has 0 aliphatic carbocycles. The quantitative estimate of drug-likeness (QED) is 0.720. The average Bonchev–Trinajstić information content (AvgIpc) is 3.28. The SMILES string of the molecule is COC[C@@H](NC(=O)Nc1cc(F)ccc1-n1cccn1)c1ccco1. The second-order valence-electron chi connectivity index (χ2n) is 5.23. The third-order valence-electron chi connectivity index (χ3n) is 3.48. The van der Waals surface area contributed by atoms with Gasteiger partial charge in [-0.05, 0) is 36.4 Å². The molecule has 25 heavy (non-hydrogen) atoms. The topological polar surface area (TPSA) is 81.3 Å². The number of hydrogen-bond acceptors (Lipinski definition) is 4. The number of halogens is 1. The molecular weight excluding hydrogens is 327 g/mol. The Bertz CT molecular complexity index is 819. The predicted octanol–water partition coefficient (Wildman–Crippen LogP) is 3.11. The number of anilines is 1. The number of hydrogen-bond donors (Lipinski definition) is 2. The van der Waals surface area contributed by atoms with Crippen LogP contribution >= 0.6 is 0 Å². The van der Waals surface area contributed by atoms with Gasteiger partial charge in [-0.25, -0.2) is 13.9 Å². The van der Waals surface area contributed by atoms with Crippen LogP contribution in [0.3, 0.4) is 0 Å². The van der Waals surface area contributed by atoms with Crippen molar-refractivity contribution in [2.45, 2.75) is 6.04 Å². The first kappa shape index (κ1) is 16.7. The number of benzene rings is 1. The van der Waals surface area contributed by atoms with E-state index in [-0.39, 0.29) is 12.3 Å². The van der Waals surface area contributed by atoms with Crippen molar-refractivity contribution in [3.8, 4) is 5.69 Å². The fraction of sp³-hybridized carbons (Fsp3) is 0.176. The molecule has 2 heterocycles. The van der Waals surface area contributed by atoms with E-state index < -0.39 is 17.9 Å². The van der Waals surface area contributed by atoms with E-state index in [1.165, 1.54) is 36.3 Å². The third-order valence-corrected chi connectivity index (χ3v) is 3.48. The number of ether oxygens (including phenoxy) is 1. The van der Waals surface area contributed by atoms with Crippen molar-refractivity contribution < 1.29 is 18.3 Å². The summed E-state index contributed by atoms with van der Waals surface area (Å²) in [4.78, 5) is 12.4. The Hall–Kier alpha value is -3.13. The summed E-state index contributed by atoms with van der Waals surface area (Å²) in [5, 5.41) is 9.48. The molecule has 0 bridgehead atoms. The number of aromatic nitrogens is 2. The van der Waals surface area contributed by atoms with Crippen molar-refractivity contribution in [2.24, 2.45) is 0 Å². The zero-order valence-electron chi connectivity index (χ0n) is 13.5. The van der Waals surface area contributed by atoms with Gasteiger partial charge in [-0.3, -0.25) is 0 Å². The highest BCUT2D eigenvalue weighted by Gasteiger charge is 2.18. The molecule has 8 heteroatoms. The fourth-order valence-corrected chi connectivity index (χ4v) is 2.39. The molecule has 0 unspecified atom stereocenters. The Morgan fingerprint density at radius 1 is 1.40 bits per heavy atom. The maximum absolute atomic E-state index is 13.6. The highest BCUT2D eigenvalue weighted by Crippen LogP contribution is 2.21. The first-order chi connectivity index (χ1) is 12.2. The molecule has 0 fully saturated rings. The molecule has 2 N–H and O–H groups in total. The molecule has 2 aromatic heterocycles. The van der Waals surface area contributed by atoms with Crippen LogP contribution in [0.1, 0.15) is 11.8 Å². The summed E-state index contributed by atoms with van der Waals surface area (Å²) < 4.78 is 25.6. The Kier molecular flexibility index (Phi) is 5.10. The minimum Gasteiger partial charge on any atom is -0.467 e. The molecule has 130 valence electrons. The second-order valence-corrected chi connectivity index (χ2v) is 5.23. The molecule has 0 spiro atoms. The van der Waals surface area contributed by atoms with Gasteiger partial charge in [-0.1, -0.05) is 0 Å². The summed E-state index contributed by atoms with van der Waals surface area (Å²) in [7, 11) is 1.53. The van der Waals surface area contributed by atoms with Gasteiger partial charge in [0.1, 0.15) is 17.6 Å². The summed E-state index contributed by atoms with van der Waals surface area (Å²) in [6, 6.07) is 8.28. The smallest absolute Gasteiger partial charge is 0.319 e. The maximum Gasteiger partial charge on any atom is 0.319 e. The van der Waals surface area contributed by atoms with Gasteiger partial charge in [0, 0.05) is 19.5 Å². The molecule has 3 rings (SSSR count). The lowest BCUT2D eigenvalue weighted by Gasteiger charge is -2.17. The molecule has 2 amide bonds. The van der Waals surface area contributed by atoms with Gasteiger partial charge in [-0.2, -0.15) is 5.10 Å². The van der Waals surface area contributed by atoms with E-state index in [9.17, 15) is 9.18 Å². The third kappa shape index (κ3) is 4.04. The van der Waals surface area contributed by atoms with E-state index >= 15 is 0 Å². The summed E-state index contributed by atoms with van der Waals surface area (Å²) in [6.45, 7) is 0.232. The lowest BCUT2D eigenvalue weighted by Crippen LogP contribution is -2.34. The standard InChI is InChI=1S/C17H17FN4O3/c1-24-11-14(16-4-2-9-25-16)21-17(23)20-13-10-12(18)5-6-15(13)22-8-3-7-19-22/h2-10,14H,11H2,1H3,(H2,20,21,23)/t14-/m1/s1. The number of carbonyl (C=O) groups excluding carboxylic acids is 1. The molecule has 0 saturated heterocycles. The van der Waals surface area contributed by atoms with Crippen LogP contribution in [0.5, 0.6) is 0 Å². The van der Waals surface area contributed by atoms with E-state index in [1.54, 1.807) is 30.6 Å². The lowest BCUT2D eigenvalue weighted by molar-refractivity contribution is 0.159. The first-order valence-electron chi connectivity index (χ1n) is 7.57. The lowest BCUT2D eigenvalue weighted by atomic mass is 10.2. The molecule has 0 aliphatic heterocycles. The minimum atomic E-state index is -0.516. The van der Waals surface area contributed by atoms with Gasteiger partial charge < -0.3 is 19.8 Å². The van der Waals surface area contributed by atoms with E-state index in [1.807, 2.05) is 0 Å². The van der Waals surface area contributed by atoms with E-state index in [2.05, 4.69) is 15.7 Å². The van der Waals surface area contributed by atoms with E-state index in [0.717, 1.165) is 0 Å². The van der Waals surface area contributed by atoms with Crippen LogP contribution in [0.2, 0.25) is 0 Å². The van der Waals surface area contributed by atoms with Gasteiger partial charge >= 0.3 is 6.03 Å². The second kappa shape index (κ2) is 7.63. The Morgan fingerprint density at radius 3 is 2.96 bits per heavy atom. The van der Waals surface area contributed by atoms with Crippen LogP contribution in [-0.2, 0) is 4.74 Å². The zero-order chi connectivity index (χ0) is 17.6. The number of methoxy groups -OCH3 is 1. The minimum absolute atomic E-state index is 0.232. The Balaban J connectivity index is 1.77. The molecule has 1 atom stereocenters. The summed E-state index contributed by atoms with van der Waals surface area (Å²) in [5.74, 6) is 0.0919. The molecule has 0 saturated carbocycles. The molecule has 1 aromatic carbocycles. The molecule has 0 aliphatic rings. The van der Waals surface area contributed by atoms with Crippen molar-refractivity contribution >= 4 is 11.7 Å². The number of urea groups is 1. The van der Waals surface area contributed by atoms with Crippen molar-refractivity contribution in [2.75, 3.05) is 19.0 Å².